The molecule has 1 aromatic rings. The zero-order valence-corrected chi connectivity index (χ0v) is 12.3. The number of halogens is 1. The molecule has 1 aliphatic rings. The molecule has 0 aromatic heterocycles. The van der Waals surface area contributed by atoms with Crippen LogP contribution in [0, 0.1) is 5.41 Å². The van der Waals surface area contributed by atoms with Gasteiger partial charge in [-0.25, -0.2) is 0 Å². The van der Waals surface area contributed by atoms with Crippen LogP contribution in [-0.2, 0) is 4.79 Å². The third kappa shape index (κ3) is 2.52. The molecule has 0 radical (unpaired) electrons. The maximum absolute atomic E-state index is 11.2. The third-order valence-corrected chi connectivity index (χ3v) is 5.12. The highest BCUT2D eigenvalue weighted by molar-refractivity contribution is 9.10. The number of rotatable bonds is 3. The Bertz CT molecular complexity index is 457. The van der Waals surface area contributed by atoms with Gasteiger partial charge >= 0.3 is 5.97 Å². The van der Waals surface area contributed by atoms with Crippen molar-refractivity contribution >= 4 is 33.7 Å². The average Bonchev–Trinajstić information content (AvgIpc) is 2.62. The van der Waals surface area contributed by atoms with Crippen molar-refractivity contribution in [2.75, 3.05) is 5.75 Å². The van der Waals surface area contributed by atoms with Gasteiger partial charge in [0, 0.05) is 15.1 Å². The Hall–Kier alpha value is -0.480. The number of hydrogen-bond donors (Lipinski definition) is 1. The minimum absolute atomic E-state index is 0.330. The second kappa shape index (κ2) is 4.65. The van der Waals surface area contributed by atoms with Gasteiger partial charge in [0.15, 0.2) is 0 Å². The van der Waals surface area contributed by atoms with Crippen LogP contribution in [0.2, 0.25) is 0 Å². The summed E-state index contributed by atoms with van der Waals surface area (Å²) in [6.07, 6.45) is 0.685. The number of thioether (sulfide) groups is 1. The van der Waals surface area contributed by atoms with Gasteiger partial charge in [0.25, 0.3) is 0 Å². The highest BCUT2D eigenvalue weighted by Gasteiger charge is 2.35. The molecule has 1 aromatic carbocycles. The van der Waals surface area contributed by atoms with Crippen LogP contribution in [0.3, 0.4) is 0 Å². The first kappa shape index (κ1) is 13.0. The van der Waals surface area contributed by atoms with Crippen molar-refractivity contribution in [1.29, 1.82) is 0 Å². The molecule has 2 rings (SSSR count). The SMILES string of the molecule is CC(C)(CC1CSc2cccc(Br)c21)C(=O)O. The first-order valence-corrected chi connectivity index (χ1v) is 7.34. The normalized spacial score (nSPS) is 19.1. The molecule has 1 heterocycles. The van der Waals surface area contributed by atoms with Gasteiger partial charge in [-0.05, 0) is 43.9 Å². The molecule has 0 saturated heterocycles. The fourth-order valence-electron chi connectivity index (χ4n) is 2.18. The van der Waals surface area contributed by atoms with Gasteiger partial charge < -0.3 is 5.11 Å². The topological polar surface area (TPSA) is 37.3 Å². The predicted octanol–water partition coefficient (Wildman–Crippen LogP) is 4.14. The van der Waals surface area contributed by atoms with Crippen LogP contribution in [0.25, 0.3) is 0 Å². The number of carbonyl (C=O) groups is 1. The van der Waals surface area contributed by atoms with E-state index in [-0.39, 0.29) is 0 Å². The summed E-state index contributed by atoms with van der Waals surface area (Å²) in [5.74, 6) is 0.592. The molecule has 2 nitrogen and oxygen atoms in total. The van der Waals surface area contributed by atoms with Gasteiger partial charge in [-0.2, -0.15) is 0 Å². The van der Waals surface area contributed by atoms with Crippen LogP contribution >= 0.6 is 27.7 Å². The van der Waals surface area contributed by atoms with Crippen LogP contribution < -0.4 is 0 Å². The van der Waals surface area contributed by atoms with Gasteiger partial charge in [0.1, 0.15) is 0 Å². The zero-order valence-electron chi connectivity index (χ0n) is 9.87. The molecule has 0 amide bonds. The molecule has 0 saturated carbocycles. The Balaban J connectivity index is 2.26. The van der Waals surface area contributed by atoms with Gasteiger partial charge in [0.05, 0.1) is 5.41 Å². The van der Waals surface area contributed by atoms with E-state index in [1.165, 1.54) is 10.5 Å². The standard InChI is InChI=1S/C13H15BrO2S/c1-13(2,12(15)16)6-8-7-17-10-5-3-4-9(14)11(8)10/h3-5,8H,6-7H2,1-2H3,(H,15,16). The summed E-state index contributed by atoms with van der Waals surface area (Å²) >= 11 is 5.39. The third-order valence-electron chi connectivity index (χ3n) is 3.20. The van der Waals surface area contributed by atoms with Crippen molar-refractivity contribution in [1.82, 2.24) is 0 Å². The van der Waals surface area contributed by atoms with Crippen molar-refractivity contribution < 1.29 is 9.90 Å². The van der Waals surface area contributed by atoms with Crippen LogP contribution in [0.15, 0.2) is 27.6 Å². The number of hydrogen-bond acceptors (Lipinski definition) is 2. The minimum atomic E-state index is -0.719. The number of benzene rings is 1. The van der Waals surface area contributed by atoms with E-state index >= 15 is 0 Å². The highest BCUT2D eigenvalue weighted by Crippen LogP contribution is 2.47. The summed E-state index contributed by atoms with van der Waals surface area (Å²) in [5.41, 5.74) is 0.620. The average molecular weight is 315 g/mol. The van der Waals surface area contributed by atoms with E-state index in [0.717, 1.165) is 10.2 Å². The molecular weight excluding hydrogens is 300 g/mol. The molecular formula is C13H15BrO2S. The maximum Gasteiger partial charge on any atom is 0.309 e. The van der Waals surface area contributed by atoms with Crippen molar-refractivity contribution in [3.63, 3.8) is 0 Å². The lowest BCUT2D eigenvalue weighted by atomic mass is 9.81. The van der Waals surface area contributed by atoms with E-state index in [1.807, 2.05) is 23.9 Å². The van der Waals surface area contributed by atoms with E-state index in [9.17, 15) is 9.90 Å². The number of fused-ring (bicyclic) bond motifs is 1. The molecule has 1 N–H and O–H groups in total. The lowest BCUT2D eigenvalue weighted by molar-refractivity contribution is -0.147. The Morgan fingerprint density at radius 1 is 1.59 bits per heavy atom. The van der Waals surface area contributed by atoms with Crippen molar-refractivity contribution in [3.05, 3.63) is 28.2 Å². The summed E-state index contributed by atoms with van der Waals surface area (Å²) in [4.78, 5) is 12.5. The second-order valence-corrected chi connectivity index (χ2v) is 6.97. The Kier molecular flexibility index (Phi) is 3.55. The monoisotopic (exact) mass is 314 g/mol. The van der Waals surface area contributed by atoms with Crippen LogP contribution in [0.1, 0.15) is 31.7 Å². The number of carboxylic acids is 1. The summed E-state index contributed by atoms with van der Waals surface area (Å²) in [6, 6.07) is 6.17. The van der Waals surface area contributed by atoms with Crippen molar-refractivity contribution in [2.45, 2.75) is 31.1 Å². The van der Waals surface area contributed by atoms with Crippen molar-refractivity contribution in [3.8, 4) is 0 Å². The molecule has 1 aliphatic heterocycles. The second-order valence-electron chi connectivity index (χ2n) is 5.05. The molecule has 0 fully saturated rings. The smallest absolute Gasteiger partial charge is 0.309 e. The largest absolute Gasteiger partial charge is 0.481 e. The molecule has 0 spiro atoms. The maximum atomic E-state index is 11.2. The molecule has 0 bridgehead atoms. The first-order valence-electron chi connectivity index (χ1n) is 5.56. The quantitative estimate of drug-likeness (QED) is 0.911. The fraction of sp³-hybridized carbons (Fsp3) is 0.462. The zero-order chi connectivity index (χ0) is 12.6. The molecule has 92 valence electrons. The fourth-order valence-corrected chi connectivity index (χ4v) is 4.27. The number of aliphatic carboxylic acids is 1. The number of carboxylic acid groups (broad SMARTS) is 1. The lowest BCUT2D eigenvalue weighted by Gasteiger charge is -2.23. The van der Waals surface area contributed by atoms with Gasteiger partial charge in [0.2, 0.25) is 0 Å². The van der Waals surface area contributed by atoms with E-state index < -0.39 is 11.4 Å². The molecule has 0 aliphatic carbocycles. The summed E-state index contributed by atoms with van der Waals surface area (Å²) < 4.78 is 1.10. The van der Waals surface area contributed by atoms with E-state index in [1.54, 1.807) is 13.8 Å². The molecule has 1 atom stereocenters. The summed E-state index contributed by atoms with van der Waals surface area (Å²) in [6.45, 7) is 3.60. The Morgan fingerprint density at radius 2 is 2.29 bits per heavy atom. The first-order chi connectivity index (χ1) is 7.92. The molecule has 4 heteroatoms. The van der Waals surface area contributed by atoms with E-state index in [4.69, 9.17) is 0 Å². The lowest BCUT2D eigenvalue weighted by Crippen LogP contribution is -2.26. The predicted molar refractivity (Wildman–Crippen MR) is 73.6 cm³/mol. The van der Waals surface area contributed by atoms with E-state index in [0.29, 0.717) is 12.3 Å². The Morgan fingerprint density at radius 3 is 2.94 bits per heavy atom. The van der Waals surface area contributed by atoms with Gasteiger partial charge in [-0.1, -0.05) is 22.0 Å². The van der Waals surface area contributed by atoms with Crippen LogP contribution in [0.4, 0.5) is 0 Å². The minimum Gasteiger partial charge on any atom is -0.481 e. The molecule has 17 heavy (non-hydrogen) atoms. The summed E-state index contributed by atoms with van der Waals surface area (Å²) in [7, 11) is 0. The van der Waals surface area contributed by atoms with E-state index in [2.05, 4.69) is 22.0 Å². The highest BCUT2D eigenvalue weighted by atomic mass is 79.9. The van der Waals surface area contributed by atoms with Gasteiger partial charge in [-0.15, -0.1) is 11.8 Å². The summed E-state index contributed by atoms with van der Waals surface area (Å²) in [5, 5.41) is 9.20. The van der Waals surface area contributed by atoms with Crippen LogP contribution in [-0.4, -0.2) is 16.8 Å². The Labute approximate surface area is 114 Å². The van der Waals surface area contributed by atoms with Gasteiger partial charge in [-0.3, -0.25) is 4.79 Å². The van der Waals surface area contributed by atoms with Crippen molar-refractivity contribution in [2.24, 2.45) is 5.41 Å². The molecule has 1 unspecified atom stereocenters. The van der Waals surface area contributed by atoms with Crippen LogP contribution in [0.5, 0.6) is 0 Å².